The molecule has 14 heavy (non-hydrogen) atoms. The first-order valence-corrected chi connectivity index (χ1v) is 4.33. The number of aromatic nitrogens is 3. The largest absolute Gasteiger partial charge is 0.368 e. The number of hydrogen-bond acceptors (Lipinski definition) is 4. The van der Waals surface area contributed by atoms with Crippen molar-refractivity contribution in [3.05, 3.63) is 35.9 Å². The van der Waals surface area contributed by atoms with Crippen LogP contribution in [-0.4, -0.2) is 15.0 Å². The van der Waals surface area contributed by atoms with Crippen LogP contribution in [-0.2, 0) is 0 Å². The summed E-state index contributed by atoms with van der Waals surface area (Å²) in [7, 11) is 0. The molecule has 0 aliphatic heterocycles. The van der Waals surface area contributed by atoms with Gasteiger partial charge in [-0.25, -0.2) is 15.0 Å². The summed E-state index contributed by atoms with van der Waals surface area (Å²) in [6.45, 7) is 0. The molecule has 2 N–H and O–H groups in total. The lowest BCUT2D eigenvalue weighted by Gasteiger charge is -1.99. The van der Waals surface area contributed by atoms with Crippen molar-refractivity contribution >= 4 is 17.5 Å². The third kappa shape index (κ3) is 1.80. The Bertz CT molecular complexity index is 380. The second-order valence-corrected chi connectivity index (χ2v) is 3.09. The number of hydrogen-bond donors (Lipinski definition) is 1. The summed E-state index contributed by atoms with van der Waals surface area (Å²) in [5, 5.41) is 0.463. The van der Waals surface area contributed by atoms with E-state index in [9.17, 15) is 0 Å². The van der Waals surface area contributed by atoms with E-state index in [0.29, 0.717) is 5.15 Å². The molecule has 0 amide bonds. The van der Waals surface area contributed by atoms with Gasteiger partial charge in [0.15, 0.2) is 0 Å². The topological polar surface area (TPSA) is 64.7 Å². The maximum atomic E-state index is 5.66. The molecule has 0 unspecified atom stereocenters. The Hall–Kier alpha value is -1.68. The maximum absolute atomic E-state index is 5.66. The lowest BCUT2D eigenvalue weighted by Crippen LogP contribution is -1.93. The molecular formula is C9H7ClN4. The van der Waals surface area contributed by atoms with E-state index in [4.69, 9.17) is 17.3 Å². The summed E-state index contributed by atoms with van der Waals surface area (Å²) in [4.78, 5) is 11.7. The number of nitrogen functional groups attached to an aromatic ring is 1. The third-order valence-electron chi connectivity index (χ3n) is 1.73. The van der Waals surface area contributed by atoms with E-state index in [0.717, 1.165) is 11.1 Å². The first-order chi connectivity index (χ1) is 6.75. The standard InChI is InChI=1S/C9H7ClN4/c10-8-2-1-6(3-12-8)7-4-13-9(11)14-5-7/h1-5H,(H2,11,13,14). The highest BCUT2D eigenvalue weighted by molar-refractivity contribution is 6.29. The van der Waals surface area contributed by atoms with Gasteiger partial charge in [-0.15, -0.1) is 0 Å². The monoisotopic (exact) mass is 206 g/mol. The zero-order valence-electron chi connectivity index (χ0n) is 7.18. The predicted molar refractivity (Wildman–Crippen MR) is 54.7 cm³/mol. The minimum absolute atomic E-state index is 0.260. The lowest BCUT2D eigenvalue weighted by atomic mass is 10.2. The average molecular weight is 207 g/mol. The van der Waals surface area contributed by atoms with Gasteiger partial charge < -0.3 is 5.73 Å². The van der Waals surface area contributed by atoms with Crippen LogP contribution in [0.5, 0.6) is 0 Å². The number of halogens is 1. The quantitative estimate of drug-likeness (QED) is 0.723. The molecule has 0 radical (unpaired) electrons. The first kappa shape index (κ1) is 8.90. The van der Waals surface area contributed by atoms with Gasteiger partial charge in [0.1, 0.15) is 5.15 Å². The predicted octanol–water partition coefficient (Wildman–Crippen LogP) is 1.77. The molecule has 2 aromatic rings. The smallest absolute Gasteiger partial charge is 0.219 e. The summed E-state index contributed by atoms with van der Waals surface area (Å²) >= 11 is 5.66. The summed E-state index contributed by atoms with van der Waals surface area (Å²) in [6, 6.07) is 3.57. The normalized spacial score (nSPS) is 10.1. The van der Waals surface area contributed by atoms with Gasteiger partial charge in [0.2, 0.25) is 5.95 Å². The van der Waals surface area contributed by atoms with Gasteiger partial charge in [-0.2, -0.15) is 0 Å². The fraction of sp³-hybridized carbons (Fsp3) is 0. The molecule has 4 nitrogen and oxygen atoms in total. The van der Waals surface area contributed by atoms with Crippen molar-refractivity contribution < 1.29 is 0 Å². The zero-order valence-corrected chi connectivity index (χ0v) is 7.94. The van der Waals surface area contributed by atoms with Crippen molar-refractivity contribution in [2.24, 2.45) is 0 Å². The molecule has 0 aliphatic carbocycles. The summed E-state index contributed by atoms with van der Waals surface area (Å²) in [6.07, 6.45) is 4.96. The number of nitrogens with zero attached hydrogens (tertiary/aromatic N) is 3. The minimum atomic E-state index is 0.260. The van der Waals surface area contributed by atoms with Crippen molar-refractivity contribution in [1.82, 2.24) is 15.0 Å². The number of rotatable bonds is 1. The molecule has 0 aromatic carbocycles. The van der Waals surface area contributed by atoms with Crippen molar-refractivity contribution in [2.75, 3.05) is 5.73 Å². The Balaban J connectivity index is 2.40. The van der Waals surface area contributed by atoms with Gasteiger partial charge >= 0.3 is 0 Å². The van der Waals surface area contributed by atoms with Crippen LogP contribution in [0.4, 0.5) is 5.95 Å². The van der Waals surface area contributed by atoms with E-state index >= 15 is 0 Å². The third-order valence-corrected chi connectivity index (χ3v) is 1.96. The van der Waals surface area contributed by atoms with Gasteiger partial charge in [0.25, 0.3) is 0 Å². The van der Waals surface area contributed by atoms with Crippen LogP contribution >= 0.6 is 11.6 Å². The summed E-state index contributed by atoms with van der Waals surface area (Å²) in [5.41, 5.74) is 7.15. The van der Waals surface area contributed by atoms with Crippen LogP contribution in [0.1, 0.15) is 0 Å². The second-order valence-electron chi connectivity index (χ2n) is 2.70. The van der Waals surface area contributed by atoms with Crippen LogP contribution in [0, 0.1) is 0 Å². The number of anilines is 1. The van der Waals surface area contributed by atoms with Crippen molar-refractivity contribution in [3.63, 3.8) is 0 Å². The SMILES string of the molecule is Nc1ncc(-c2ccc(Cl)nc2)cn1. The minimum Gasteiger partial charge on any atom is -0.368 e. The van der Waals surface area contributed by atoms with Crippen LogP contribution in [0.15, 0.2) is 30.7 Å². The maximum Gasteiger partial charge on any atom is 0.219 e. The lowest BCUT2D eigenvalue weighted by molar-refractivity contribution is 1.18. The van der Waals surface area contributed by atoms with Crippen LogP contribution in [0.25, 0.3) is 11.1 Å². The molecule has 2 rings (SSSR count). The average Bonchev–Trinajstić information content (AvgIpc) is 2.21. The van der Waals surface area contributed by atoms with Crippen LogP contribution < -0.4 is 5.73 Å². The van der Waals surface area contributed by atoms with E-state index < -0.39 is 0 Å². The highest BCUT2D eigenvalue weighted by Crippen LogP contribution is 2.17. The van der Waals surface area contributed by atoms with Gasteiger partial charge in [-0.3, -0.25) is 0 Å². The van der Waals surface area contributed by atoms with E-state index in [2.05, 4.69) is 15.0 Å². The van der Waals surface area contributed by atoms with Crippen molar-refractivity contribution in [3.8, 4) is 11.1 Å². The molecule has 0 bridgehead atoms. The van der Waals surface area contributed by atoms with Gasteiger partial charge in [-0.1, -0.05) is 11.6 Å². The Morgan fingerprint density at radius 3 is 2.14 bits per heavy atom. The molecule has 0 fully saturated rings. The molecule has 5 heteroatoms. The second kappa shape index (κ2) is 3.59. The molecule has 0 saturated heterocycles. The molecule has 70 valence electrons. The highest BCUT2D eigenvalue weighted by atomic mass is 35.5. The fourth-order valence-corrected chi connectivity index (χ4v) is 1.15. The molecule has 2 aromatic heterocycles. The molecule has 0 aliphatic rings. The Morgan fingerprint density at radius 2 is 1.57 bits per heavy atom. The summed E-state index contributed by atoms with van der Waals surface area (Å²) in [5.74, 6) is 0.260. The Labute approximate surface area is 85.8 Å². The van der Waals surface area contributed by atoms with Crippen LogP contribution in [0.2, 0.25) is 5.15 Å². The van der Waals surface area contributed by atoms with E-state index in [-0.39, 0.29) is 5.95 Å². The molecule has 0 spiro atoms. The number of nitrogens with two attached hydrogens (primary N) is 1. The Morgan fingerprint density at radius 1 is 0.929 bits per heavy atom. The molecular weight excluding hydrogens is 200 g/mol. The van der Waals surface area contributed by atoms with E-state index in [1.165, 1.54) is 0 Å². The van der Waals surface area contributed by atoms with Gasteiger partial charge in [-0.05, 0) is 12.1 Å². The molecule has 0 saturated carbocycles. The van der Waals surface area contributed by atoms with E-state index in [1.54, 1.807) is 24.7 Å². The van der Waals surface area contributed by atoms with Gasteiger partial charge in [0.05, 0.1) is 0 Å². The van der Waals surface area contributed by atoms with Gasteiger partial charge in [0, 0.05) is 29.7 Å². The fourth-order valence-electron chi connectivity index (χ4n) is 1.03. The first-order valence-electron chi connectivity index (χ1n) is 3.95. The van der Waals surface area contributed by atoms with Crippen LogP contribution in [0.3, 0.4) is 0 Å². The highest BCUT2D eigenvalue weighted by Gasteiger charge is 1.98. The summed E-state index contributed by atoms with van der Waals surface area (Å²) < 4.78 is 0. The van der Waals surface area contributed by atoms with Crippen molar-refractivity contribution in [2.45, 2.75) is 0 Å². The van der Waals surface area contributed by atoms with E-state index in [1.807, 2.05) is 6.07 Å². The van der Waals surface area contributed by atoms with Crippen molar-refractivity contribution in [1.29, 1.82) is 0 Å². The zero-order chi connectivity index (χ0) is 9.97. The Kier molecular flexibility index (Phi) is 2.28. The number of pyridine rings is 1. The molecule has 2 heterocycles. The molecule has 0 atom stereocenters.